The molecule has 2 N–H and O–H groups in total. The zero-order valence-corrected chi connectivity index (χ0v) is 8.27. The van der Waals surface area contributed by atoms with Gasteiger partial charge in [0, 0.05) is 38.9 Å². The van der Waals surface area contributed by atoms with Crippen LogP contribution in [0.25, 0.3) is 0 Å². The standard InChI is InChI=1S/C9H15N3O2/c1-13-6-9-2-8(11-14-9)5-12-3-7(10)4-12/h2,7H,3-6,10H2,1H3. The molecule has 0 amide bonds. The van der Waals surface area contributed by atoms with Gasteiger partial charge in [0.2, 0.25) is 0 Å². The molecule has 0 atom stereocenters. The van der Waals surface area contributed by atoms with Crippen molar-refractivity contribution in [3.63, 3.8) is 0 Å². The van der Waals surface area contributed by atoms with Gasteiger partial charge in [0.25, 0.3) is 0 Å². The Balaban J connectivity index is 1.84. The average Bonchev–Trinajstić information content (AvgIpc) is 2.51. The van der Waals surface area contributed by atoms with Gasteiger partial charge < -0.3 is 15.0 Å². The Hall–Kier alpha value is -0.910. The van der Waals surface area contributed by atoms with Crippen molar-refractivity contribution in [2.24, 2.45) is 5.73 Å². The second-order valence-electron chi connectivity index (χ2n) is 3.67. The number of methoxy groups -OCH3 is 1. The summed E-state index contributed by atoms with van der Waals surface area (Å²) in [4.78, 5) is 2.24. The lowest BCUT2D eigenvalue weighted by Crippen LogP contribution is -2.54. The predicted octanol–water partition coefficient (Wildman–Crippen LogP) is -0.0361. The van der Waals surface area contributed by atoms with Gasteiger partial charge in [-0.05, 0) is 0 Å². The third-order valence-electron chi connectivity index (χ3n) is 2.27. The highest BCUT2D eigenvalue weighted by Crippen LogP contribution is 2.12. The molecule has 0 unspecified atom stereocenters. The van der Waals surface area contributed by atoms with E-state index >= 15 is 0 Å². The summed E-state index contributed by atoms with van der Waals surface area (Å²) in [6, 6.07) is 2.26. The van der Waals surface area contributed by atoms with Gasteiger partial charge >= 0.3 is 0 Å². The number of likely N-dealkylation sites (tertiary alicyclic amines) is 1. The van der Waals surface area contributed by atoms with Crippen LogP contribution in [-0.2, 0) is 17.9 Å². The molecule has 0 bridgehead atoms. The molecule has 1 saturated heterocycles. The molecular weight excluding hydrogens is 182 g/mol. The van der Waals surface area contributed by atoms with Crippen molar-refractivity contribution in [1.82, 2.24) is 10.1 Å². The normalized spacial score (nSPS) is 18.4. The van der Waals surface area contributed by atoms with Crippen molar-refractivity contribution >= 4 is 0 Å². The van der Waals surface area contributed by atoms with E-state index in [2.05, 4.69) is 10.1 Å². The summed E-state index contributed by atoms with van der Waals surface area (Å²) in [5.74, 6) is 0.771. The maximum atomic E-state index is 5.67. The van der Waals surface area contributed by atoms with Crippen molar-refractivity contribution < 1.29 is 9.26 Å². The summed E-state index contributed by atoms with van der Waals surface area (Å²) < 4.78 is 10.0. The van der Waals surface area contributed by atoms with E-state index < -0.39 is 0 Å². The van der Waals surface area contributed by atoms with Crippen LogP contribution in [0.2, 0.25) is 0 Å². The zero-order chi connectivity index (χ0) is 9.97. The topological polar surface area (TPSA) is 64.5 Å². The minimum absolute atomic E-state index is 0.334. The summed E-state index contributed by atoms with van der Waals surface area (Å²) in [7, 11) is 1.64. The van der Waals surface area contributed by atoms with E-state index in [9.17, 15) is 0 Å². The van der Waals surface area contributed by atoms with E-state index in [1.54, 1.807) is 7.11 Å². The molecule has 1 aliphatic rings. The molecule has 1 aromatic heterocycles. The average molecular weight is 197 g/mol. The van der Waals surface area contributed by atoms with Gasteiger partial charge in [0.1, 0.15) is 6.61 Å². The molecule has 0 spiro atoms. The van der Waals surface area contributed by atoms with Crippen molar-refractivity contribution in [3.8, 4) is 0 Å². The Morgan fingerprint density at radius 1 is 1.71 bits per heavy atom. The lowest BCUT2D eigenvalue weighted by atomic mass is 10.1. The Labute approximate surface area is 82.8 Å². The molecule has 5 nitrogen and oxygen atoms in total. The molecule has 78 valence electrons. The Morgan fingerprint density at radius 3 is 3.14 bits per heavy atom. The molecule has 2 heterocycles. The van der Waals surface area contributed by atoms with Gasteiger partial charge in [-0.15, -0.1) is 0 Å². The highest BCUT2D eigenvalue weighted by atomic mass is 16.5. The molecular formula is C9H15N3O2. The van der Waals surface area contributed by atoms with E-state index in [4.69, 9.17) is 15.0 Å². The van der Waals surface area contributed by atoms with Gasteiger partial charge in [-0.1, -0.05) is 5.16 Å². The first-order valence-electron chi connectivity index (χ1n) is 4.69. The van der Waals surface area contributed by atoms with Crippen LogP contribution < -0.4 is 5.73 Å². The Kier molecular flexibility index (Phi) is 2.81. The van der Waals surface area contributed by atoms with Gasteiger partial charge in [-0.3, -0.25) is 4.90 Å². The number of aromatic nitrogens is 1. The highest BCUT2D eigenvalue weighted by Gasteiger charge is 2.23. The van der Waals surface area contributed by atoms with E-state index in [-0.39, 0.29) is 0 Å². The van der Waals surface area contributed by atoms with Crippen molar-refractivity contribution in [3.05, 3.63) is 17.5 Å². The number of hydrogen-bond donors (Lipinski definition) is 1. The van der Waals surface area contributed by atoms with Crippen LogP contribution in [-0.4, -0.2) is 36.3 Å². The van der Waals surface area contributed by atoms with Crippen LogP contribution in [0.3, 0.4) is 0 Å². The van der Waals surface area contributed by atoms with Crippen molar-refractivity contribution in [2.75, 3.05) is 20.2 Å². The van der Waals surface area contributed by atoms with Crippen LogP contribution in [0.4, 0.5) is 0 Å². The maximum Gasteiger partial charge on any atom is 0.162 e. The lowest BCUT2D eigenvalue weighted by molar-refractivity contribution is 0.137. The zero-order valence-electron chi connectivity index (χ0n) is 8.27. The molecule has 0 aliphatic carbocycles. The largest absolute Gasteiger partial charge is 0.377 e. The minimum Gasteiger partial charge on any atom is -0.377 e. The molecule has 0 radical (unpaired) electrons. The molecule has 1 aliphatic heterocycles. The number of nitrogens with two attached hydrogens (primary N) is 1. The fraction of sp³-hybridized carbons (Fsp3) is 0.667. The van der Waals surface area contributed by atoms with Gasteiger partial charge in [-0.25, -0.2) is 0 Å². The minimum atomic E-state index is 0.334. The molecule has 0 aromatic carbocycles. The number of ether oxygens (including phenoxy) is 1. The fourth-order valence-electron chi connectivity index (χ4n) is 1.61. The van der Waals surface area contributed by atoms with E-state index in [1.165, 1.54) is 0 Å². The second-order valence-corrected chi connectivity index (χ2v) is 3.67. The van der Waals surface area contributed by atoms with Gasteiger partial charge in [0.05, 0.1) is 5.69 Å². The quantitative estimate of drug-likeness (QED) is 0.734. The maximum absolute atomic E-state index is 5.67. The third kappa shape index (κ3) is 2.12. The summed E-state index contributed by atoms with van der Waals surface area (Å²) >= 11 is 0. The van der Waals surface area contributed by atoms with E-state index in [0.29, 0.717) is 12.6 Å². The molecule has 1 fully saturated rings. The van der Waals surface area contributed by atoms with Crippen LogP contribution >= 0.6 is 0 Å². The summed E-state index contributed by atoms with van der Waals surface area (Å²) in [6.45, 7) is 3.20. The predicted molar refractivity (Wildman–Crippen MR) is 50.5 cm³/mol. The van der Waals surface area contributed by atoms with Gasteiger partial charge in [0.15, 0.2) is 5.76 Å². The van der Waals surface area contributed by atoms with E-state index in [0.717, 1.165) is 31.1 Å². The SMILES string of the molecule is COCc1cc(CN2CC(N)C2)no1. The Bertz CT molecular complexity index is 294. The summed E-state index contributed by atoms with van der Waals surface area (Å²) in [5, 5.41) is 3.94. The fourth-order valence-corrected chi connectivity index (χ4v) is 1.61. The summed E-state index contributed by atoms with van der Waals surface area (Å²) in [6.07, 6.45) is 0. The second kappa shape index (κ2) is 4.08. The van der Waals surface area contributed by atoms with Crippen molar-refractivity contribution in [2.45, 2.75) is 19.2 Å². The smallest absolute Gasteiger partial charge is 0.162 e. The van der Waals surface area contributed by atoms with Gasteiger partial charge in [-0.2, -0.15) is 0 Å². The number of hydrogen-bond acceptors (Lipinski definition) is 5. The molecule has 0 saturated carbocycles. The first-order valence-corrected chi connectivity index (χ1v) is 4.69. The monoisotopic (exact) mass is 197 g/mol. The third-order valence-corrected chi connectivity index (χ3v) is 2.27. The van der Waals surface area contributed by atoms with Crippen LogP contribution in [0.5, 0.6) is 0 Å². The van der Waals surface area contributed by atoms with Crippen LogP contribution in [0, 0.1) is 0 Å². The first-order chi connectivity index (χ1) is 6.78. The summed E-state index contributed by atoms with van der Waals surface area (Å²) in [5.41, 5.74) is 6.62. The van der Waals surface area contributed by atoms with Crippen LogP contribution in [0.15, 0.2) is 10.6 Å². The molecule has 14 heavy (non-hydrogen) atoms. The lowest BCUT2D eigenvalue weighted by Gasteiger charge is -2.35. The molecule has 2 rings (SSSR count). The van der Waals surface area contributed by atoms with Crippen LogP contribution in [0.1, 0.15) is 11.5 Å². The highest BCUT2D eigenvalue weighted by molar-refractivity contribution is 5.05. The molecule has 5 heteroatoms. The van der Waals surface area contributed by atoms with Crippen molar-refractivity contribution in [1.29, 1.82) is 0 Å². The first kappa shape index (κ1) is 9.64. The number of nitrogens with zero attached hydrogens (tertiary/aromatic N) is 2. The number of rotatable bonds is 4. The molecule has 1 aromatic rings. The van der Waals surface area contributed by atoms with E-state index in [1.807, 2.05) is 6.07 Å². The Morgan fingerprint density at radius 2 is 2.50 bits per heavy atom.